The van der Waals surface area contributed by atoms with Gasteiger partial charge in [0, 0.05) is 25.2 Å². The molecule has 3 heteroatoms. The maximum atomic E-state index is 5.93. The Hall–Kier alpha value is -1.06. The Kier molecular flexibility index (Phi) is 5.44. The van der Waals surface area contributed by atoms with Crippen LogP contribution in [-0.4, -0.2) is 29.6 Å². The highest BCUT2D eigenvalue weighted by atomic mass is 16.5. The minimum atomic E-state index is 0.226. The minimum absolute atomic E-state index is 0.226. The van der Waals surface area contributed by atoms with Crippen molar-refractivity contribution in [2.75, 3.05) is 6.54 Å². The third kappa shape index (κ3) is 3.97. The van der Waals surface area contributed by atoms with Crippen molar-refractivity contribution < 1.29 is 4.74 Å². The van der Waals surface area contributed by atoms with Crippen LogP contribution in [0.15, 0.2) is 24.3 Å². The predicted octanol–water partition coefficient (Wildman–Crippen LogP) is 3.18. The van der Waals surface area contributed by atoms with E-state index in [-0.39, 0.29) is 6.10 Å². The Labute approximate surface area is 123 Å². The normalized spacial score (nSPS) is 24.1. The van der Waals surface area contributed by atoms with Crippen LogP contribution in [0.2, 0.25) is 0 Å². The molecule has 1 fully saturated rings. The SMILES string of the molecule is CC(C)Oc1ccc(CN2C(C)CCCC2CN)cc1. The van der Waals surface area contributed by atoms with E-state index in [0.717, 1.165) is 18.8 Å². The van der Waals surface area contributed by atoms with Crippen LogP contribution in [0.3, 0.4) is 0 Å². The molecule has 2 unspecified atom stereocenters. The molecule has 20 heavy (non-hydrogen) atoms. The molecule has 0 radical (unpaired) electrons. The molecular formula is C17H28N2O. The van der Waals surface area contributed by atoms with Gasteiger partial charge in [-0.05, 0) is 51.3 Å². The second-order valence-electron chi connectivity index (χ2n) is 6.15. The molecule has 0 spiro atoms. The van der Waals surface area contributed by atoms with Gasteiger partial charge < -0.3 is 10.5 Å². The van der Waals surface area contributed by atoms with E-state index < -0.39 is 0 Å². The van der Waals surface area contributed by atoms with Crippen molar-refractivity contribution in [2.24, 2.45) is 5.73 Å². The summed E-state index contributed by atoms with van der Waals surface area (Å²) in [6.45, 7) is 8.17. The molecule has 0 aliphatic carbocycles. The average Bonchev–Trinajstić information content (AvgIpc) is 2.42. The van der Waals surface area contributed by atoms with E-state index in [9.17, 15) is 0 Å². The lowest BCUT2D eigenvalue weighted by Gasteiger charge is -2.40. The van der Waals surface area contributed by atoms with Gasteiger partial charge in [0.1, 0.15) is 5.75 Å². The van der Waals surface area contributed by atoms with E-state index in [0.29, 0.717) is 12.1 Å². The second kappa shape index (κ2) is 7.09. The molecular weight excluding hydrogens is 248 g/mol. The van der Waals surface area contributed by atoms with E-state index in [1.54, 1.807) is 0 Å². The predicted molar refractivity (Wildman–Crippen MR) is 83.9 cm³/mol. The van der Waals surface area contributed by atoms with Crippen LogP contribution in [-0.2, 0) is 6.54 Å². The first-order chi connectivity index (χ1) is 9.60. The fourth-order valence-corrected chi connectivity index (χ4v) is 3.04. The molecule has 1 aromatic rings. The van der Waals surface area contributed by atoms with Crippen LogP contribution in [0.1, 0.15) is 45.6 Å². The van der Waals surface area contributed by atoms with Crippen molar-refractivity contribution in [3.63, 3.8) is 0 Å². The molecule has 2 atom stereocenters. The molecule has 1 aliphatic rings. The summed E-state index contributed by atoms with van der Waals surface area (Å²) in [5, 5.41) is 0. The lowest BCUT2D eigenvalue weighted by molar-refractivity contribution is 0.0892. The van der Waals surface area contributed by atoms with Crippen LogP contribution in [0.5, 0.6) is 5.75 Å². The van der Waals surface area contributed by atoms with E-state index >= 15 is 0 Å². The summed E-state index contributed by atoms with van der Waals surface area (Å²) in [6, 6.07) is 9.65. The largest absolute Gasteiger partial charge is 0.491 e. The number of hydrogen-bond acceptors (Lipinski definition) is 3. The maximum absolute atomic E-state index is 5.93. The highest BCUT2D eigenvalue weighted by molar-refractivity contribution is 5.27. The zero-order valence-electron chi connectivity index (χ0n) is 13.0. The molecule has 0 amide bonds. The van der Waals surface area contributed by atoms with Crippen molar-refractivity contribution >= 4 is 0 Å². The number of ether oxygens (including phenoxy) is 1. The van der Waals surface area contributed by atoms with Crippen LogP contribution < -0.4 is 10.5 Å². The van der Waals surface area contributed by atoms with Crippen molar-refractivity contribution in [1.29, 1.82) is 0 Å². The number of hydrogen-bond donors (Lipinski definition) is 1. The fraction of sp³-hybridized carbons (Fsp3) is 0.647. The summed E-state index contributed by atoms with van der Waals surface area (Å²) in [4.78, 5) is 2.56. The van der Waals surface area contributed by atoms with E-state index in [1.165, 1.54) is 24.8 Å². The summed E-state index contributed by atoms with van der Waals surface area (Å²) < 4.78 is 5.69. The highest BCUT2D eigenvalue weighted by Crippen LogP contribution is 2.25. The Bertz CT molecular complexity index is 402. The quantitative estimate of drug-likeness (QED) is 0.897. The molecule has 1 aliphatic heterocycles. The Morgan fingerprint density at radius 2 is 1.95 bits per heavy atom. The molecule has 1 aromatic carbocycles. The van der Waals surface area contributed by atoms with Gasteiger partial charge in [0.15, 0.2) is 0 Å². The van der Waals surface area contributed by atoms with Crippen molar-refractivity contribution in [1.82, 2.24) is 4.90 Å². The molecule has 0 aromatic heterocycles. The van der Waals surface area contributed by atoms with Crippen molar-refractivity contribution in [3.05, 3.63) is 29.8 Å². The van der Waals surface area contributed by atoms with Crippen LogP contribution in [0.25, 0.3) is 0 Å². The first kappa shape index (κ1) is 15.3. The third-order valence-corrected chi connectivity index (χ3v) is 4.13. The zero-order chi connectivity index (χ0) is 14.5. The molecule has 112 valence electrons. The van der Waals surface area contributed by atoms with E-state index in [2.05, 4.69) is 49.9 Å². The zero-order valence-corrected chi connectivity index (χ0v) is 13.0. The van der Waals surface area contributed by atoms with Crippen molar-refractivity contribution in [3.8, 4) is 5.75 Å². The van der Waals surface area contributed by atoms with Gasteiger partial charge in [-0.3, -0.25) is 4.90 Å². The minimum Gasteiger partial charge on any atom is -0.491 e. The highest BCUT2D eigenvalue weighted by Gasteiger charge is 2.26. The summed E-state index contributed by atoms with van der Waals surface area (Å²) in [7, 11) is 0. The lowest BCUT2D eigenvalue weighted by Crippen LogP contribution is -2.48. The van der Waals surface area contributed by atoms with Gasteiger partial charge in [-0.1, -0.05) is 18.6 Å². The summed E-state index contributed by atoms with van der Waals surface area (Å²) >= 11 is 0. The van der Waals surface area contributed by atoms with Crippen LogP contribution in [0, 0.1) is 0 Å². The van der Waals surface area contributed by atoms with Gasteiger partial charge in [-0.2, -0.15) is 0 Å². The van der Waals surface area contributed by atoms with E-state index in [1.807, 2.05) is 0 Å². The summed E-state index contributed by atoms with van der Waals surface area (Å²) in [6.07, 6.45) is 4.05. The molecule has 1 saturated heterocycles. The van der Waals surface area contributed by atoms with Crippen LogP contribution in [0.4, 0.5) is 0 Å². The summed E-state index contributed by atoms with van der Waals surface area (Å²) in [5.41, 5.74) is 7.27. The van der Waals surface area contributed by atoms with E-state index in [4.69, 9.17) is 10.5 Å². The molecule has 2 N–H and O–H groups in total. The summed E-state index contributed by atoms with van der Waals surface area (Å²) in [5.74, 6) is 0.950. The van der Waals surface area contributed by atoms with Gasteiger partial charge in [-0.25, -0.2) is 0 Å². The average molecular weight is 276 g/mol. The molecule has 1 heterocycles. The van der Waals surface area contributed by atoms with Crippen molar-refractivity contribution in [2.45, 2.75) is 64.8 Å². The number of rotatable bonds is 5. The number of piperidine rings is 1. The van der Waals surface area contributed by atoms with Gasteiger partial charge >= 0.3 is 0 Å². The topological polar surface area (TPSA) is 38.5 Å². The number of nitrogens with zero attached hydrogens (tertiary/aromatic N) is 1. The number of nitrogens with two attached hydrogens (primary N) is 1. The standard InChI is InChI=1S/C17H28N2O/c1-13(2)20-17-9-7-15(8-10-17)12-19-14(3)5-4-6-16(19)11-18/h7-10,13-14,16H,4-6,11-12,18H2,1-3H3. The first-order valence-electron chi connectivity index (χ1n) is 7.81. The molecule has 3 nitrogen and oxygen atoms in total. The third-order valence-electron chi connectivity index (χ3n) is 4.13. The Balaban J connectivity index is 2.00. The lowest BCUT2D eigenvalue weighted by atomic mass is 9.95. The number of likely N-dealkylation sites (tertiary alicyclic amines) is 1. The van der Waals surface area contributed by atoms with Crippen LogP contribution >= 0.6 is 0 Å². The van der Waals surface area contributed by atoms with Gasteiger partial charge in [-0.15, -0.1) is 0 Å². The van der Waals surface area contributed by atoms with Gasteiger partial charge in [0.2, 0.25) is 0 Å². The Morgan fingerprint density at radius 3 is 2.55 bits per heavy atom. The Morgan fingerprint density at radius 1 is 1.25 bits per heavy atom. The first-order valence-corrected chi connectivity index (χ1v) is 7.81. The molecule has 2 rings (SSSR count). The van der Waals surface area contributed by atoms with Gasteiger partial charge in [0.05, 0.1) is 6.10 Å². The smallest absolute Gasteiger partial charge is 0.119 e. The second-order valence-corrected chi connectivity index (χ2v) is 6.15. The maximum Gasteiger partial charge on any atom is 0.119 e. The fourth-order valence-electron chi connectivity index (χ4n) is 3.04. The molecule has 0 saturated carbocycles. The van der Waals surface area contributed by atoms with Gasteiger partial charge in [0.25, 0.3) is 0 Å². The monoisotopic (exact) mass is 276 g/mol. The number of benzene rings is 1. The molecule has 0 bridgehead atoms.